The lowest BCUT2D eigenvalue weighted by Gasteiger charge is -2.30. The minimum atomic E-state index is -3.88. The molecule has 1 fully saturated rings. The van der Waals surface area contributed by atoms with Gasteiger partial charge in [0, 0.05) is 6.54 Å². The van der Waals surface area contributed by atoms with Crippen LogP contribution >= 0.6 is 0 Å². The van der Waals surface area contributed by atoms with Crippen molar-refractivity contribution in [3.05, 3.63) is 88.7 Å². The van der Waals surface area contributed by atoms with E-state index in [9.17, 15) is 12.8 Å². The number of allylic oxidation sites excluding steroid dienone is 1. The van der Waals surface area contributed by atoms with Crippen LogP contribution in [0.25, 0.3) is 11.1 Å². The molecule has 1 aliphatic carbocycles. The Kier molecular flexibility index (Phi) is 9.50. The fourth-order valence-electron chi connectivity index (χ4n) is 5.83. The Balaban J connectivity index is 1.54. The molecular weight excluding hydrogens is 557 g/mol. The van der Waals surface area contributed by atoms with Crippen molar-refractivity contribution < 1.29 is 31.2 Å². The molecule has 3 aromatic carbocycles. The molecule has 2 aliphatic rings. The third kappa shape index (κ3) is 7.14. The van der Waals surface area contributed by atoms with Crippen LogP contribution in [0.4, 0.5) is 4.39 Å². The minimum Gasteiger partial charge on any atom is -0.497 e. The largest absolute Gasteiger partial charge is 0.497 e. The standard InChI is InChI=1S/C33H38FNO6S/c1-38-27-13-15-29-24(21-27)9-14-28(25-10-16-30(34)31(22-25)39-2)32(29)33(41-42(3,36)37)23-7-11-26(12-8-23)40-20-19-35-17-5-4-6-18-35/h7-8,10-13,15-16,21-22,33H,4-6,9,14,17-20H2,1-3H3. The fourth-order valence-corrected chi connectivity index (χ4v) is 6.39. The molecule has 0 saturated carbocycles. The van der Waals surface area contributed by atoms with Gasteiger partial charge >= 0.3 is 0 Å². The predicted molar refractivity (Wildman–Crippen MR) is 162 cm³/mol. The fraction of sp³-hybridized carbons (Fsp3) is 0.394. The summed E-state index contributed by atoms with van der Waals surface area (Å²) >= 11 is 0. The van der Waals surface area contributed by atoms with Crippen molar-refractivity contribution >= 4 is 21.3 Å². The first-order valence-electron chi connectivity index (χ1n) is 14.3. The average molecular weight is 596 g/mol. The molecule has 42 heavy (non-hydrogen) atoms. The summed E-state index contributed by atoms with van der Waals surface area (Å²) in [5, 5.41) is 0. The Bertz CT molecular complexity index is 1530. The van der Waals surface area contributed by atoms with Crippen LogP contribution in [-0.2, 0) is 20.7 Å². The molecule has 0 aromatic heterocycles. The van der Waals surface area contributed by atoms with Gasteiger partial charge < -0.3 is 14.2 Å². The first kappa shape index (κ1) is 30.1. The van der Waals surface area contributed by atoms with E-state index in [0.29, 0.717) is 42.1 Å². The molecule has 1 unspecified atom stereocenters. The quantitative estimate of drug-likeness (QED) is 0.242. The number of halogens is 1. The minimum absolute atomic E-state index is 0.117. The zero-order valence-electron chi connectivity index (χ0n) is 24.4. The molecule has 0 amide bonds. The number of ether oxygens (including phenoxy) is 3. The third-order valence-corrected chi connectivity index (χ3v) is 8.45. The second-order valence-corrected chi connectivity index (χ2v) is 12.4. The van der Waals surface area contributed by atoms with Gasteiger partial charge in [-0.25, -0.2) is 4.39 Å². The number of piperidine rings is 1. The first-order chi connectivity index (χ1) is 20.3. The Labute approximate surface area is 248 Å². The van der Waals surface area contributed by atoms with E-state index >= 15 is 0 Å². The van der Waals surface area contributed by atoms with Crippen molar-refractivity contribution in [1.29, 1.82) is 0 Å². The molecule has 0 N–H and O–H groups in total. The van der Waals surface area contributed by atoms with Gasteiger partial charge in [0.25, 0.3) is 10.1 Å². The van der Waals surface area contributed by atoms with Crippen molar-refractivity contribution in [3.63, 3.8) is 0 Å². The summed E-state index contributed by atoms with van der Waals surface area (Å²) < 4.78 is 62.3. The van der Waals surface area contributed by atoms with Crippen molar-refractivity contribution in [1.82, 2.24) is 4.90 Å². The van der Waals surface area contributed by atoms with E-state index in [1.54, 1.807) is 19.2 Å². The molecule has 1 saturated heterocycles. The molecule has 3 aromatic rings. The number of likely N-dealkylation sites (tertiary alicyclic amines) is 1. The van der Waals surface area contributed by atoms with Gasteiger partial charge in [-0.1, -0.05) is 30.7 Å². The van der Waals surface area contributed by atoms with E-state index in [1.165, 1.54) is 32.4 Å². The zero-order chi connectivity index (χ0) is 29.7. The highest BCUT2D eigenvalue weighted by Gasteiger charge is 2.31. The molecule has 1 heterocycles. The average Bonchev–Trinajstić information content (AvgIpc) is 3.00. The van der Waals surface area contributed by atoms with E-state index in [2.05, 4.69) is 4.90 Å². The number of rotatable bonds is 11. The Morgan fingerprint density at radius 2 is 1.62 bits per heavy atom. The second kappa shape index (κ2) is 13.3. The molecule has 0 radical (unpaired) electrons. The summed E-state index contributed by atoms with van der Waals surface area (Å²) in [6, 6.07) is 17.9. The summed E-state index contributed by atoms with van der Waals surface area (Å²) in [5.74, 6) is 1.07. The maximum absolute atomic E-state index is 14.4. The van der Waals surface area contributed by atoms with Gasteiger partial charge in [-0.3, -0.25) is 9.08 Å². The van der Waals surface area contributed by atoms with Gasteiger partial charge in [-0.2, -0.15) is 8.42 Å². The molecule has 224 valence electrons. The summed E-state index contributed by atoms with van der Waals surface area (Å²) in [6.45, 7) is 3.67. The van der Waals surface area contributed by atoms with Crippen LogP contribution in [0, 0.1) is 5.82 Å². The highest BCUT2D eigenvalue weighted by atomic mass is 32.2. The van der Waals surface area contributed by atoms with Crippen molar-refractivity contribution in [2.45, 2.75) is 38.2 Å². The Hall–Kier alpha value is -3.40. The zero-order valence-corrected chi connectivity index (χ0v) is 25.2. The van der Waals surface area contributed by atoms with Gasteiger partial charge in [0.15, 0.2) is 11.6 Å². The lowest BCUT2D eigenvalue weighted by Crippen LogP contribution is -2.33. The summed E-state index contributed by atoms with van der Waals surface area (Å²) in [7, 11) is -0.842. The van der Waals surface area contributed by atoms with Gasteiger partial charge in [0.05, 0.1) is 20.5 Å². The van der Waals surface area contributed by atoms with Crippen LogP contribution in [-0.4, -0.2) is 60.0 Å². The van der Waals surface area contributed by atoms with Crippen LogP contribution in [0.1, 0.15) is 54.0 Å². The van der Waals surface area contributed by atoms with E-state index < -0.39 is 22.0 Å². The lowest BCUT2D eigenvalue weighted by molar-refractivity contribution is 0.183. The SMILES string of the molecule is COc1ccc2c(c1)CCC(c1ccc(F)c(OC)c1)=C2C(OS(C)(=O)=O)c1ccc(OCCN2CCCCC2)cc1. The van der Waals surface area contributed by atoms with Crippen LogP contribution in [0.15, 0.2) is 60.7 Å². The van der Waals surface area contributed by atoms with Crippen molar-refractivity contribution in [3.8, 4) is 17.2 Å². The summed E-state index contributed by atoms with van der Waals surface area (Å²) in [5.41, 5.74) is 4.84. The molecule has 1 aliphatic heterocycles. The lowest BCUT2D eigenvalue weighted by atomic mass is 9.79. The highest BCUT2D eigenvalue weighted by Crippen LogP contribution is 2.47. The van der Waals surface area contributed by atoms with E-state index in [1.807, 2.05) is 42.5 Å². The van der Waals surface area contributed by atoms with E-state index in [0.717, 1.165) is 48.2 Å². The normalized spacial score (nSPS) is 16.6. The first-order valence-corrected chi connectivity index (χ1v) is 16.1. The second-order valence-electron chi connectivity index (χ2n) is 10.8. The smallest absolute Gasteiger partial charge is 0.265 e. The number of fused-ring (bicyclic) bond motifs is 1. The molecule has 0 bridgehead atoms. The van der Waals surface area contributed by atoms with Crippen LogP contribution in [0.5, 0.6) is 17.2 Å². The third-order valence-electron chi connectivity index (χ3n) is 7.91. The Morgan fingerprint density at radius 3 is 2.31 bits per heavy atom. The number of hydrogen-bond acceptors (Lipinski definition) is 7. The van der Waals surface area contributed by atoms with Gasteiger partial charge in [-0.05, 0) is 109 Å². The number of aryl methyl sites for hydroxylation is 1. The Morgan fingerprint density at radius 1 is 0.881 bits per heavy atom. The molecule has 0 spiro atoms. The molecule has 7 nitrogen and oxygen atoms in total. The van der Waals surface area contributed by atoms with Gasteiger partial charge in [-0.15, -0.1) is 0 Å². The van der Waals surface area contributed by atoms with E-state index in [-0.39, 0.29) is 5.75 Å². The highest BCUT2D eigenvalue weighted by molar-refractivity contribution is 7.86. The number of hydrogen-bond donors (Lipinski definition) is 0. The molecule has 9 heteroatoms. The predicted octanol–water partition coefficient (Wildman–Crippen LogP) is 6.28. The maximum atomic E-state index is 14.4. The number of methoxy groups -OCH3 is 2. The van der Waals surface area contributed by atoms with Crippen LogP contribution in [0.2, 0.25) is 0 Å². The molecule has 1 atom stereocenters. The van der Waals surface area contributed by atoms with Crippen LogP contribution < -0.4 is 14.2 Å². The van der Waals surface area contributed by atoms with Crippen molar-refractivity contribution in [2.24, 2.45) is 0 Å². The monoisotopic (exact) mass is 595 g/mol. The van der Waals surface area contributed by atoms with E-state index in [4.69, 9.17) is 18.4 Å². The number of nitrogens with zero attached hydrogens (tertiary/aromatic N) is 1. The topological polar surface area (TPSA) is 74.3 Å². The summed E-state index contributed by atoms with van der Waals surface area (Å²) in [6.07, 6.45) is 5.15. The molecule has 5 rings (SSSR count). The molecular formula is C33H38FNO6S. The van der Waals surface area contributed by atoms with Crippen LogP contribution in [0.3, 0.4) is 0 Å². The summed E-state index contributed by atoms with van der Waals surface area (Å²) in [4.78, 5) is 2.42. The van der Waals surface area contributed by atoms with Gasteiger partial charge in [0.2, 0.25) is 0 Å². The number of benzene rings is 3. The van der Waals surface area contributed by atoms with Gasteiger partial charge in [0.1, 0.15) is 24.2 Å². The maximum Gasteiger partial charge on any atom is 0.265 e. The van der Waals surface area contributed by atoms with Crippen molar-refractivity contribution in [2.75, 3.05) is 46.7 Å².